The first-order chi connectivity index (χ1) is 11.9. The highest BCUT2D eigenvalue weighted by Crippen LogP contribution is 2.13. The fourth-order valence-electron chi connectivity index (χ4n) is 2.68. The van der Waals surface area contributed by atoms with Gasteiger partial charge in [-0.25, -0.2) is 9.37 Å². The highest BCUT2D eigenvalue weighted by Gasteiger charge is 2.14. The van der Waals surface area contributed by atoms with E-state index in [4.69, 9.17) is 0 Å². The summed E-state index contributed by atoms with van der Waals surface area (Å²) in [5, 5.41) is 4.99. The molecular weight excluding hydrogens is 339 g/mol. The van der Waals surface area contributed by atoms with Gasteiger partial charge in [0, 0.05) is 25.2 Å². The average molecular weight is 360 g/mol. The molecular formula is C18H21FN4OS. The summed E-state index contributed by atoms with van der Waals surface area (Å²) in [4.78, 5) is 19.6. The molecule has 132 valence electrons. The summed E-state index contributed by atoms with van der Waals surface area (Å²) < 4.78 is 14.4. The molecule has 0 unspecified atom stereocenters. The first-order valence-electron chi connectivity index (χ1n) is 8.27. The van der Waals surface area contributed by atoms with Gasteiger partial charge in [0.15, 0.2) is 0 Å². The minimum atomic E-state index is -0.220. The number of benzene rings is 1. The minimum absolute atomic E-state index is 0.147. The minimum Gasteiger partial charge on any atom is -0.295 e. The third-order valence-electron chi connectivity index (χ3n) is 4.10. The number of aromatic nitrogens is 3. The van der Waals surface area contributed by atoms with E-state index in [1.807, 2.05) is 19.1 Å². The molecule has 0 N–H and O–H groups in total. The van der Waals surface area contributed by atoms with Gasteiger partial charge in [0.25, 0.3) is 5.56 Å². The molecule has 0 saturated carbocycles. The molecule has 25 heavy (non-hydrogen) atoms. The topological polar surface area (TPSA) is 50.5 Å². The van der Waals surface area contributed by atoms with E-state index in [1.54, 1.807) is 6.07 Å². The van der Waals surface area contributed by atoms with Crippen LogP contribution in [0, 0.1) is 12.7 Å². The van der Waals surface area contributed by atoms with Crippen LogP contribution < -0.4 is 5.56 Å². The Kier molecular flexibility index (Phi) is 5.24. The Hall–Kier alpha value is -2.12. The van der Waals surface area contributed by atoms with Crippen LogP contribution in [0.15, 0.2) is 35.1 Å². The quantitative estimate of drug-likeness (QED) is 0.678. The van der Waals surface area contributed by atoms with Crippen LogP contribution >= 0.6 is 11.3 Å². The average Bonchev–Trinajstić information content (AvgIpc) is 2.93. The van der Waals surface area contributed by atoms with Crippen LogP contribution in [-0.4, -0.2) is 32.1 Å². The molecule has 0 aliphatic rings. The molecule has 0 spiro atoms. The molecule has 0 bridgehead atoms. The van der Waals surface area contributed by atoms with E-state index >= 15 is 0 Å². The van der Waals surface area contributed by atoms with E-state index < -0.39 is 0 Å². The third kappa shape index (κ3) is 4.29. The number of fused-ring (bicyclic) bond motifs is 1. The fraction of sp³-hybridized carbons (Fsp3) is 0.389. The van der Waals surface area contributed by atoms with Crippen molar-refractivity contribution < 1.29 is 4.39 Å². The second-order valence-corrected chi connectivity index (χ2v) is 7.50. The van der Waals surface area contributed by atoms with Gasteiger partial charge in [-0.1, -0.05) is 23.5 Å². The summed E-state index contributed by atoms with van der Waals surface area (Å²) in [5.41, 5.74) is 1.70. The number of nitrogens with zero attached hydrogens (tertiary/aromatic N) is 4. The van der Waals surface area contributed by atoms with E-state index in [9.17, 15) is 9.18 Å². The smallest absolute Gasteiger partial charge is 0.275 e. The van der Waals surface area contributed by atoms with Gasteiger partial charge in [-0.2, -0.15) is 9.61 Å². The van der Waals surface area contributed by atoms with Crippen molar-refractivity contribution in [2.75, 3.05) is 6.54 Å². The van der Waals surface area contributed by atoms with Crippen LogP contribution in [-0.2, 0) is 13.0 Å². The Morgan fingerprint density at radius 3 is 2.68 bits per heavy atom. The van der Waals surface area contributed by atoms with E-state index in [1.165, 1.54) is 28.0 Å². The second-order valence-electron chi connectivity index (χ2n) is 6.34. The van der Waals surface area contributed by atoms with Gasteiger partial charge in [0.1, 0.15) is 10.8 Å². The highest BCUT2D eigenvalue weighted by molar-refractivity contribution is 7.16. The summed E-state index contributed by atoms with van der Waals surface area (Å²) in [6.45, 7) is 7.51. The van der Waals surface area contributed by atoms with Gasteiger partial charge >= 0.3 is 0 Å². The number of rotatable bonds is 6. The zero-order chi connectivity index (χ0) is 18.0. The maximum Gasteiger partial charge on any atom is 0.275 e. The van der Waals surface area contributed by atoms with Crippen LogP contribution in [0.3, 0.4) is 0 Å². The van der Waals surface area contributed by atoms with Gasteiger partial charge < -0.3 is 0 Å². The zero-order valence-electron chi connectivity index (χ0n) is 14.6. The third-order valence-corrected chi connectivity index (χ3v) is 4.92. The zero-order valence-corrected chi connectivity index (χ0v) is 15.4. The second kappa shape index (κ2) is 7.41. The largest absolute Gasteiger partial charge is 0.295 e. The molecule has 3 aromatic rings. The Bertz CT molecular complexity index is 917. The number of hydrogen-bond donors (Lipinski definition) is 0. The molecule has 7 heteroatoms. The standard InChI is InChI=1S/C18H21FN4OS/c1-12(2)22(9-8-14-4-6-15(19)7-5-14)11-16-10-17(24)23-18(20-16)25-13(3)21-23/h4-7,10,12H,8-9,11H2,1-3H3. The van der Waals surface area contributed by atoms with Crippen molar-refractivity contribution in [3.8, 4) is 0 Å². The Morgan fingerprint density at radius 2 is 2.00 bits per heavy atom. The molecule has 5 nitrogen and oxygen atoms in total. The van der Waals surface area contributed by atoms with Gasteiger partial charge in [-0.3, -0.25) is 9.69 Å². The van der Waals surface area contributed by atoms with Gasteiger partial charge in [-0.05, 0) is 44.9 Å². The summed E-state index contributed by atoms with van der Waals surface area (Å²) in [6.07, 6.45) is 0.819. The summed E-state index contributed by atoms with van der Waals surface area (Å²) in [6, 6.07) is 8.45. The molecule has 0 fully saturated rings. The van der Waals surface area contributed by atoms with Crippen LogP contribution in [0.25, 0.3) is 4.96 Å². The van der Waals surface area contributed by atoms with Crippen molar-refractivity contribution >= 4 is 16.3 Å². The van der Waals surface area contributed by atoms with E-state index in [-0.39, 0.29) is 11.4 Å². The molecule has 1 aromatic carbocycles. The van der Waals surface area contributed by atoms with Crippen LogP contribution in [0.1, 0.15) is 30.1 Å². The normalized spacial score (nSPS) is 11.8. The number of aryl methyl sites for hydroxylation is 1. The Balaban J connectivity index is 1.75. The SMILES string of the molecule is Cc1nn2c(=O)cc(CN(CCc3ccc(F)cc3)C(C)C)nc2s1. The maximum atomic E-state index is 13.0. The highest BCUT2D eigenvalue weighted by atomic mass is 32.1. The van der Waals surface area contributed by atoms with Crippen molar-refractivity contribution in [3.63, 3.8) is 0 Å². The molecule has 0 saturated heterocycles. The van der Waals surface area contributed by atoms with Crippen LogP contribution in [0.4, 0.5) is 4.39 Å². The molecule has 2 aromatic heterocycles. The molecule has 2 heterocycles. The van der Waals surface area contributed by atoms with Gasteiger partial charge in [0.05, 0.1) is 5.69 Å². The number of hydrogen-bond acceptors (Lipinski definition) is 5. The molecule has 0 atom stereocenters. The lowest BCUT2D eigenvalue weighted by Crippen LogP contribution is -2.33. The lowest BCUT2D eigenvalue weighted by Gasteiger charge is -2.26. The van der Waals surface area contributed by atoms with Crippen molar-refractivity contribution in [1.29, 1.82) is 0 Å². The molecule has 0 radical (unpaired) electrons. The number of halogens is 1. The van der Waals surface area contributed by atoms with Crippen molar-refractivity contribution in [2.24, 2.45) is 0 Å². The van der Waals surface area contributed by atoms with E-state index in [0.29, 0.717) is 17.5 Å². The Morgan fingerprint density at radius 1 is 1.28 bits per heavy atom. The predicted molar refractivity (Wildman–Crippen MR) is 97.5 cm³/mol. The summed E-state index contributed by atoms with van der Waals surface area (Å²) in [7, 11) is 0. The van der Waals surface area contributed by atoms with Gasteiger partial charge in [-0.15, -0.1) is 0 Å². The van der Waals surface area contributed by atoms with Crippen molar-refractivity contribution in [3.05, 3.63) is 62.8 Å². The lowest BCUT2D eigenvalue weighted by molar-refractivity contribution is 0.213. The molecule has 0 aliphatic heterocycles. The lowest BCUT2D eigenvalue weighted by atomic mass is 10.1. The maximum absolute atomic E-state index is 13.0. The van der Waals surface area contributed by atoms with Crippen LogP contribution in [0.5, 0.6) is 0 Å². The molecule has 0 amide bonds. The molecule has 0 aliphatic carbocycles. The van der Waals surface area contributed by atoms with Crippen molar-refractivity contribution in [2.45, 2.75) is 39.8 Å². The van der Waals surface area contributed by atoms with Crippen molar-refractivity contribution in [1.82, 2.24) is 19.5 Å². The summed E-state index contributed by atoms with van der Waals surface area (Å²) in [5.74, 6) is -0.220. The first-order valence-corrected chi connectivity index (χ1v) is 9.09. The van der Waals surface area contributed by atoms with Crippen LogP contribution in [0.2, 0.25) is 0 Å². The van der Waals surface area contributed by atoms with E-state index in [0.717, 1.165) is 29.2 Å². The monoisotopic (exact) mass is 360 g/mol. The first kappa shape index (κ1) is 17.7. The fourth-order valence-corrected chi connectivity index (χ4v) is 3.45. The summed E-state index contributed by atoms with van der Waals surface area (Å²) >= 11 is 1.41. The predicted octanol–water partition coefficient (Wildman–Crippen LogP) is 3.05. The van der Waals surface area contributed by atoms with Gasteiger partial charge in [0.2, 0.25) is 4.96 Å². The molecule has 3 rings (SSSR count). The Labute approximate surface area is 149 Å². The van der Waals surface area contributed by atoms with E-state index in [2.05, 4.69) is 28.8 Å².